The number of amides is 1. The van der Waals surface area contributed by atoms with Gasteiger partial charge in [0.25, 0.3) is 5.91 Å². The Bertz CT molecular complexity index is 843. The second-order valence-corrected chi connectivity index (χ2v) is 6.44. The lowest BCUT2D eigenvalue weighted by atomic mass is 10.1. The summed E-state index contributed by atoms with van der Waals surface area (Å²) in [6.45, 7) is 1.66. The summed E-state index contributed by atoms with van der Waals surface area (Å²) in [6, 6.07) is 12.0. The number of fused-ring (bicyclic) bond motifs is 1. The molecule has 0 aromatic heterocycles. The number of carbonyl (C=O) groups excluding carboxylic acids is 1. The number of hydrogen-bond acceptors (Lipinski definition) is 4. The summed E-state index contributed by atoms with van der Waals surface area (Å²) in [5.74, 6) is -0.610. The van der Waals surface area contributed by atoms with Gasteiger partial charge in [-0.25, -0.2) is 4.39 Å². The minimum Gasteiger partial charge on any atom is -0.382 e. The van der Waals surface area contributed by atoms with E-state index in [9.17, 15) is 9.18 Å². The number of hydrogen-bond donors (Lipinski definition) is 3. The lowest BCUT2D eigenvalue weighted by Gasteiger charge is -2.12. The van der Waals surface area contributed by atoms with Gasteiger partial charge in [0.2, 0.25) is 0 Å². The van der Waals surface area contributed by atoms with Gasteiger partial charge in [0, 0.05) is 42.0 Å². The number of rotatable bonds is 5. The van der Waals surface area contributed by atoms with Crippen molar-refractivity contribution in [3.63, 3.8) is 0 Å². The highest BCUT2D eigenvalue weighted by Crippen LogP contribution is 2.32. The minimum absolute atomic E-state index is 0.243. The van der Waals surface area contributed by atoms with Crippen LogP contribution >= 0.6 is 0 Å². The van der Waals surface area contributed by atoms with Crippen LogP contribution in [0.15, 0.2) is 48.7 Å². The Balaban J connectivity index is 1.41. The second-order valence-electron chi connectivity index (χ2n) is 6.44. The van der Waals surface area contributed by atoms with Crippen molar-refractivity contribution in [3.8, 4) is 0 Å². The predicted octanol–water partition coefficient (Wildman–Crippen LogP) is 3.82. The summed E-state index contributed by atoms with van der Waals surface area (Å²) in [5.41, 5.74) is 3.47. The Labute approximate surface area is 151 Å². The Hall–Kier alpha value is -2.86. The van der Waals surface area contributed by atoms with Crippen molar-refractivity contribution in [1.29, 1.82) is 0 Å². The molecular weight excluding hydrogens is 333 g/mol. The Morgan fingerprint density at radius 3 is 2.77 bits per heavy atom. The first kappa shape index (κ1) is 16.6. The Morgan fingerprint density at radius 2 is 2.00 bits per heavy atom. The molecule has 6 heteroatoms. The smallest absolute Gasteiger partial charge is 0.257 e. The third kappa shape index (κ3) is 3.55. The van der Waals surface area contributed by atoms with Gasteiger partial charge in [0.05, 0.1) is 11.7 Å². The number of halogens is 1. The zero-order valence-corrected chi connectivity index (χ0v) is 14.2. The molecule has 1 atom stereocenters. The number of nitrogens with one attached hydrogen (secondary N) is 3. The van der Waals surface area contributed by atoms with Crippen LogP contribution in [0.5, 0.6) is 0 Å². The fourth-order valence-corrected chi connectivity index (χ4v) is 3.18. The van der Waals surface area contributed by atoms with Crippen molar-refractivity contribution in [2.45, 2.75) is 18.9 Å². The van der Waals surface area contributed by atoms with Gasteiger partial charge < -0.3 is 20.7 Å². The standard InChI is InChI=1S/C20H20FN3O2/c21-13-3-8-19-17(10-13)18(20(25)24-19)12-23-15-6-4-14(5-7-15)22-11-16-2-1-9-26-16/h3-8,10,12,16,22-23H,1-2,9,11H2,(H,24,25). The summed E-state index contributed by atoms with van der Waals surface area (Å²) in [5, 5.41) is 9.20. The van der Waals surface area contributed by atoms with Crippen LogP contribution in [-0.2, 0) is 9.53 Å². The van der Waals surface area contributed by atoms with Crippen LogP contribution in [0, 0.1) is 5.82 Å². The molecule has 0 radical (unpaired) electrons. The van der Waals surface area contributed by atoms with Crippen LogP contribution in [0.4, 0.5) is 21.5 Å². The van der Waals surface area contributed by atoms with Crippen LogP contribution in [0.2, 0.25) is 0 Å². The molecule has 2 aliphatic rings. The monoisotopic (exact) mass is 353 g/mol. The Morgan fingerprint density at radius 1 is 1.19 bits per heavy atom. The largest absolute Gasteiger partial charge is 0.382 e. The van der Waals surface area contributed by atoms with Gasteiger partial charge in [-0.15, -0.1) is 0 Å². The lowest BCUT2D eigenvalue weighted by molar-refractivity contribution is -0.110. The molecule has 1 fully saturated rings. The maximum Gasteiger partial charge on any atom is 0.257 e. The van der Waals surface area contributed by atoms with E-state index < -0.39 is 0 Å². The molecule has 0 aliphatic carbocycles. The molecule has 3 N–H and O–H groups in total. The van der Waals surface area contributed by atoms with Crippen LogP contribution in [-0.4, -0.2) is 25.2 Å². The minimum atomic E-state index is -0.368. The molecule has 0 saturated carbocycles. The van der Waals surface area contributed by atoms with Crippen LogP contribution < -0.4 is 16.0 Å². The molecule has 1 amide bonds. The highest BCUT2D eigenvalue weighted by atomic mass is 19.1. The lowest BCUT2D eigenvalue weighted by Crippen LogP contribution is -2.18. The highest BCUT2D eigenvalue weighted by molar-refractivity contribution is 6.31. The number of carbonyl (C=O) groups is 1. The zero-order valence-electron chi connectivity index (χ0n) is 14.2. The first-order chi connectivity index (χ1) is 12.7. The van der Waals surface area contributed by atoms with E-state index >= 15 is 0 Å². The van der Waals surface area contributed by atoms with E-state index in [4.69, 9.17) is 4.74 Å². The van der Waals surface area contributed by atoms with E-state index in [1.807, 2.05) is 24.3 Å². The molecule has 26 heavy (non-hydrogen) atoms. The first-order valence-electron chi connectivity index (χ1n) is 8.72. The van der Waals surface area contributed by atoms with Crippen molar-refractivity contribution in [1.82, 2.24) is 0 Å². The first-order valence-corrected chi connectivity index (χ1v) is 8.72. The average Bonchev–Trinajstić information content (AvgIpc) is 3.26. The molecular formula is C20H20FN3O2. The molecule has 1 unspecified atom stereocenters. The van der Waals surface area contributed by atoms with E-state index in [1.54, 1.807) is 12.3 Å². The summed E-state index contributed by atoms with van der Waals surface area (Å²) in [4.78, 5) is 12.1. The highest BCUT2D eigenvalue weighted by Gasteiger charge is 2.24. The second kappa shape index (κ2) is 7.17. The van der Waals surface area contributed by atoms with Crippen molar-refractivity contribution >= 4 is 28.5 Å². The number of ether oxygens (including phenoxy) is 1. The van der Waals surface area contributed by atoms with Crippen LogP contribution in [0.25, 0.3) is 5.57 Å². The van der Waals surface area contributed by atoms with E-state index in [2.05, 4.69) is 16.0 Å². The van der Waals surface area contributed by atoms with Crippen LogP contribution in [0.3, 0.4) is 0 Å². The summed E-state index contributed by atoms with van der Waals surface area (Å²) in [7, 11) is 0. The van der Waals surface area contributed by atoms with Crippen molar-refractivity contribution in [2.24, 2.45) is 0 Å². The quantitative estimate of drug-likeness (QED) is 0.715. The average molecular weight is 353 g/mol. The number of benzene rings is 2. The van der Waals surface area contributed by atoms with Gasteiger partial charge in [0.15, 0.2) is 0 Å². The van der Waals surface area contributed by atoms with Gasteiger partial charge in [-0.2, -0.15) is 0 Å². The van der Waals surface area contributed by atoms with E-state index in [0.717, 1.165) is 37.4 Å². The summed E-state index contributed by atoms with van der Waals surface area (Å²) < 4.78 is 19.0. The van der Waals surface area contributed by atoms with Crippen LogP contribution in [0.1, 0.15) is 18.4 Å². The SMILES string of the molecule is O=C1Nc2ccc(F)cc2C1=CNc1ccc(NCC2CCCO2)cc1. The fourth-order valence-electron chi connectivity index (χ4n) is 3.18. The maximum absolute atomic E-state index is 13.5. The van der Waals surface area contributed by atoms with Gasteiger partial charge in [0.1, 0.15) is 5.82 Å². The van der Waals surface area contributed by atoms with Crippen molar-refractivity contribution < 1.29 is 13.9 Å². The van der Waals surface area contributed by atoms with Gasteiger partial charge in [-0.1, -0.05) is 0 Å². The van der Waals surface area contributed by atoms with Gasteiger partial charge in [-0.05, 0) is 55.3 Å². The van der Waals surface area contributed by atoms with E-state index in [-0.39, 0.29) is 11.7 Å². The van der Waals surface area contributed by atoms with Gasteiger partial charge in [-0.3, -0.25) is 4.79 Å². The normalized spacial score (nSPS) is 20.1. The third-order valence-electron chi connectivity index (χ3n) is 4.59. The van der Waals surface area contributed by atoms with E-state index in [0.29, 0.717) is 22.9 Å². The third-order valence-corrected chi connectivity index (χ3v) is 4.59. The molecule has 2 aromatic carbocycles. The molecule has 134 valence electrons. The molecule has 5 nitrogen and oxygen atoms in total. The molecule has 1 saturated heterocycles. The molecule has 4 rings (SSSR count). The van der Waals surface area contributed by atoms with Crippen molar-refractivity contribution in [2.75, 3.05) is 29.1 Å². The predicted molar refractivity (Wildman–Crippen MR) is 101 cm³/mol. The molecule has 0 bridgehead atoms. The number of anilines is 3. The fraction of sp³-hybridized carbons (Fsp3) is 0.250. The summed E-state index contributed by atoms with van der Waals surface area (Å²) in [6.07, 6.45) is 4.13. The van der Waals surface area contributed by atoms with Gasteiger partial charge >= 0.3 is 0 Å². The maximum atomic E-state index is 13.5. The zero-order chi connectivity index (χ0) is 17.9. The topological polar surface area (TPSA) is 62.4 Å². The summed E-state index contributed by atoms with van der Waals surface area (Å²) >= 11 is 0. The Kier molecular flexibility index (Phi) is 4.58. The molecule has 0 spiro atoms. The molecule has 2 aromatic rings. The van der Waals surface area contributed by atoms with Crippen molar-refractivity contribution in [3.05, 3.63) is 60.0 Å². The van der Waals surface area contributed by atoms with E-state index in [1.165, 1.54) is 12.1 Å². The molecule has 2 aliphatic heterocycles. The molecule has 2 heterocycles.